The van der Waals surface area contributed by atoms with Crippen molar-refractivity contribution in [2.24, 2.45) is 7.05 Å². The minimum Gasteiger partial charge on any atom is -0.339 e. The maximum Gasteiger partial charge on any atom is 0.270 e. The predicted octanol–water partition coefficient (Wildman–Crippen LogP) is 2.72. The Bertz CT molecular complexity index is 671. The molecule has 5 heteroatoms. The van der Waals surface area contributed by atoms with Crippen LogP contribution in [-0.4, -0.2) is 53.0 Å². The number of aromatic nitrogens is 1. The van der Waals surface area contributed by atoms with Crippen LogP contribution in [0.25, 0.3) is 10.9 Å². The molecule has 0 radical (unpaired) electrons. The van der Waals surface area contributed by atoms with Crippen molar-refractivity contribution in [3.05, 3.63) is 34.4 Å². The zero-order valence-corrected chi connectivity index (χ0v) is 14.1. The molecule has 2 aromatic rings. The van der Waals surface area contributed by atoms with Gasteiger partial charge in [-0.25, -0.2) is 0 Å². The lowest BCUT2D eigenvalue weighted by atomic mass is 10.2. The lowest BCUT2D eigenvalue weighted by Gasteiger charge is -2.34. The van der Waals surface area contributed by atoms with E-state index in [0.717, 1.165) is 53.8 Å². The first-order valence-corrected chi connectivity index (χ1v) is 8.16. The van der Waals surface area contributed by atoms with Gasteiger partial charge < -0.3 is 14.4 Å². The van der Waals surface area contributed by atoms with Gasteiger partial charge in [0, 0.05) is 43.1 Å². The Morgan fingerprint density at radius 3 is 2.57 bits per heavy atom. The first-order valence-electron chi connectivity index (χ1n) is 7.37. The molecule has 4 nitrogen and oxygen atoms in total. The third-order valence-electron chi connectivity index (χ3n) is 4.33. The van der Waals surface area contributed by atoms with E-state index in [1.807, 2.05) is 40.8 Å². The molecule has 1 fully saturated rings. The number of aryl methyl sites for hydroxylation is 1. The summed E-state index contributed by atoms with van der Waals surface area (Å²) in [6, 6.07) is 8.05. The van der Waals surface area contributed by atoms with Gasteiger partial charge in [0.2, 0.25) is 0 Å². The van der Waals surface area contributed by atoms with Crippen LogP contribution in [0, 0.1) is 0 Å². The second kappa shape index (κ2) is 5.81. The highest BCUT2D eigenvalue weighted by Crippen LogP contribution is 2.27. The molecular formula is C16H20BrN3O. The molecule has 112 valence electrons. The number of para-hydroxylation sites is 1. The Hall–Kier alpha value is -1.33. The van der Waals surface area contributed by atoms with Crippen LogP contribution in [0.4, 0.5) is 0 Å². The number of rotatable bonds is 2. The molecule has 1 aliphatic heterocycles. The lowest BCUT2D eigenvalue weighted by Crippen LogP contribution is -2.48. The number of fused-ring (bicyclic) bond motifs is 1. The van der Waals surface area contributed by atoms with Crippen molar-refractivity contribution in [3.63, 3.8) is 0 Å². The SMILES string of the molecule is CCN1CCN(C(=O)c2cc3cccc(Br)c3n2C)CC1. The summed E-state index contributed by atoms with van der Waals surface area (Å²) in [7, 11) is 1.96. The highest BCUT2D eigenvalue weighted by Gasteiger charge is 2.24. The smallest absolute Gasteiger partial charge is 0.270 e. The van der Waals surface area contributed by atoms with Crippen molar-refractivity contribution < 1.29 is 4.79 Å². The Labute approximate surface area is 133 Å². The van der Waals surface area contributed by atoms with E-state index in [1.54, 1.807) is 0 Å². The standard InChI is InChI=1S/C16H20BrN3O/c1-3-19-7-9-20(10-8-19)16(21)14-11-12-5-4-6-13(17)15(12)18(14)2/h4-6,11H,3,7-10H2,1-2H3. The van der Waals surface area contributed by atoms with Crippen molar-refractivity contribution in [2.45, 2.75) is 6.92 Å². The fourth-order valence-electron chi connectivity index (χ4n) is 3.00. The van der Waals surface area contributed by atoms with Crippen molar-refractivity contribution in [1.82, 2.24) is 14.4 Å². The molecule has 0 unspecified atom stereocenters. The summed E-state index contributed by atoms with van der Waals surface area (Å²) in [6.45, 7) is 6.79. The van der Waals surface area contributed by atoms with Gasteiger partial charge in [0.15, 0.2) is 0 Å². The zero-order valence-electron chi connectivity index (χ0n) is 12.5. The molecule has 0 aliphatic carbocycles. The number of amides is 1. The van der Waals surface area contributed by atoms with Crippen LogP contribution in [-0.2, 0) is 7.05 Å². The normalized spacial score (nSPS) is 16.6. The fourth-order valence-corrected chi connectivity index (χ4v) is 3.65. The highest BCUT2D eigenvalue weighted by atomic mass is 79.9. The van der Waals surface area contributed by atoms with E-state index in [4.69, 9.17) is 0 Å². The van der Waals surface area contributed by atoms with Gasteiger partial charge in [0.25, 0.3) is 5.91 Å². The van der Waals surface area contributed by atoms with Crippen LogP contribution >= 0.6 is 15.9 Å². The van der Waals surface area contributed by atoms with Gasteiger partial charge in [0.1, 0.15) is 5.69 Å². The third-order valence-corrected chi connectivity index (χ3v) is 4.97. The van der Waals surface area contributed by atoms with Crippen LogP contribution in [0.2, 0.25) is 0 Å². The summed E-state index contributed by atoms with van der Waals surface area (Å²) in [4.78, 5) is 17.1. The molecule has 1 saturated heterocycles. The van der Waals surface area contributed by atoms with Crippen LogP contribution < -0.4 is 0 Å². The molecular weight excluding hydrogens is 330 g/mol. The van der Waals surface area contributed by atoms with Crippen molar-refractivity contribution in [2.75, 3.05) is 32.7 Å². The minimum atomic E-state index is 0.136. The summed E-state index contributed by atoms with van der Waals surface area (Å²) in [5.74, 6) is 0.136. The van der Waals surface area contributed by atoms with Crippen LogP contribution in [0.5, 0.6) is 0 Å². The molecule has 0 saturated carbocycles. The number of carbonyl (C=O) groups is 1. The van der Waals surface area contributed by atoms with Crippen molar-refractivity contribution >= 4 is 32.7 Å². The van der Waals surface area contributed by atoms with Gasteiger partial charge in [0.05, 0.1) is 5.52 Å². The molecule has 0 bridgehead atoms. The second-order valence-electron chi connectivity index (χ2n) is 5.49. The number of nitrogens with zero attached hydrogens (tertiary/aromatic N) is 3. The summed E-state index contributed by atoms with van der Waals surface area (Å²) in [5, 5.41) is 1.10. The predicted molar refractivity (Wildman–Crippen MR) is 88.6 cm³/mol. The molecule has 0 atom stereocenters. The number of carbonyl (C=O) groups excluding carboxylic acids is 1. The third kappa shape index (κ3) is 2.60. The van der Waals surface area contributed by atoms with E-state index in [1.165, 1.54) is 0 Å². The van der Waals surface area contributed by atoms with Crippen molar-refractivity contribution in [3.8, 4) is 0 Å². The summed E-state index contributed by atoms with van der Waals surface area (Å²) in [5.41, 5.74) is 1.84. The monoisotopic (exact) mass is 349 g/mol. The summed E-state index contributed by atoms with van der Waals surface area (Å²) in [6.07, 6.45) is 0. The van der Waals surface area contributed by atoms with Gasteiger partial charge in [-0.15, -0.1) is 0 Å². The summed E-state index contributed by atoms with van der Waals surface area (Å²) < 4.78 is 3.02. The van der Waals surface area contributed by atoms with E-state index in [9.17, 15) is 4.79 Å². The van der Waals surface area contributed by atoms with Gasteiger partial charge >= 0.3 is 0 Å². The lowest BCUT2D eigenvalue weighted by molar-refractivity contribution is 0.0634. The number of piperazine rings is 1. The van der Waals surface area contributed by atoms with E-state index < -0.39 is 0 Å². The fraction of sp³-hybridized carbons (Fsp3) is 0.438. The average Bonchev–Trinajstić information content (AvgIpc) is 2.85. The van der Waals surface area contributed by atoms with Crippen LogP contribution in [0.15, 0.2) is 28.7 Å². The van der Waals surface area contributed by atoms with Gasteiger partial charge in [-0.3, -0.25) is 4.79 Å². The van der Waals surface area contributed by atoms with Crippen molar-refractivity contribution in [1.29, 1.82) is 0 Å². The number of likely N-dealkylation sites (N-methyl/N-ethyl adjacent to an activating group) is 1. The minimum absolute atomic E-state index is 0.136. The Morgan fingerprint density at radius 2 is 1.95 bits per heavy atom. The van der Waals surface area contributed by atoms with Crippen LogP contribution in [0.3, 0.4) is 0 Å². The van der Waals surface area contributed by atoms with E-state index in [-0.39, 0.29) is 5.91 Å². The number of benzene rings is 1. The maximum absolute atomic E-state index is 12.8. The summed E-state index contributed by atoms with van der Waals surface area (Å²) >= 11 is 3.57. The molecule has 0 N–H and O–H groups in total. The Morgan fingerprint density at radius 1 is 1.24 bits per heavy atom. The molecule has 1 aliphatic rings. The van der Waals surface area contributed by atoms with Gasteiger partial charge in [-0.1, -0.05) is 19.1 Å². The number of hydrogen-bond donors (Lipinski definition) is 0. The van der Waals surface area contributed by atoms with Gasteiger partial charge in [-0.2, -0.15) is 0 Å². The topological polar surface area (TPSA) is 28.5 Å². The van der Waals surface area contributed by atoms with E-state index in [0.29, 0.717) is 0 Å². The highest BCUT2D eigenvalue weighted by molar-refractivity contribution is 9.10. The molecule has 21 heavy (non-hydrogen) atoms. The first kappa shape index (κ1) is 14.6. The molecule has 0 spiro atoms. The van der Waals surface area contributed by atoms with E-state index >= 15 is 0 Å². The van der Waals surface area contributed by atoms with Crippen LogP contribution in [0.1, 0.15) is 17.4 Å². The Kier molecular flexibility index (Phi) is 4.04. The Balaban J connectivity index is 1.89. The first-order chi connectivity index (χ1) is 10.1. The van der Waals surface area contributed by atoms with Gasteiger partial charge in [-0.05, 0) is 34.6 Å². The molecule has 2 heterocycles. The molecule has 1 aromatic carbocycles. The zero-order chi connectivity index (χ0) is 15.0. The molecule has 3 rings (SSSR count). The average molecular weight is 350 g/mol. The number of halogens is 1. The molecule has 1 amide bonds. The maximum atomic E-state index is 12.8. The van der Waals surface area contributed by atoms with E-state index in [2.05, 4.69) is 27.8 Å². The largest absolute Gasteiger partial charge is 0.339 e. The number of hydrogen-bond acceptors (Lipinski definition) is 2. The quantitative estimate of drug-likeness (QED) is 0.833. The molecule has 1 aromatic heterocycles. The second-order valence-corrected chi connectivity index (χ2v) is 6.35.